The summed E-state index contributed by atoms with van der Waals surface area (Å²) < 4.78 is 49.5. The monoisotopic (exact) mass is 263 g/mol. The van der Waals surface area contributed by atoms with Crippen molar-refractivity contribution < 1.29 is 17.6 Å². The maximum Gasteiger partial charge on any atom is 0.389 e. The van der Waals surface area contributed by atoms with Gasteiger partial charge in [0.1, 0.15) is 5.82 Å². The van der Waals surface area contributed by atoms with Crippen molar-refractivity contribution in [1.82, 2.24) is 5.32 Å². The molecule has 0 saturated heterocycles. The minimum Gasteiger partial charge on any atom is -0.317 e. The molecule has 1 nitrogen and oxygen atoms in total. The summed E-state index contributed by atoms with van der Waals surface area (Å²) >= 11 is 0. The lowest BCUT2D eigenvalue weighted by atomic mass is 9.98. The zero-order valence-electron chi connectivity index (χ0n) is 10.4. The Morgan fingerprint density at radius 2 is 1.94 bits per heavy atom. The molecule has 1 rings (SSSR count). The second kappa shape index (κ2) is 6.18. The Hall–Kier alpha value is -1.10. The predicted molar refractivity (Wildman–Crippen MR) is 63.0 cm³/mol. The summed E-state index contributed by atoms with van der Waals surface area (Å²) in [5.74, 6) is -0.360. The highest BCUT2D eigenvalue weighted by atomic mass is 19.4. The Morgan fingerprint density at radius 1 is 1.28 bits per heavy atom. The second-order valence-electron chi connectivity index (χ2n) is 4.41. The molecule has 1 aromatic carbocycles. The van der Waals surface area contributed by atoms with Crippen LogP contribution < -0.4 is 5.32 Å². The van der Waals surface area contributed by atoms with E-state index in [4.69, 9.17) is 0 Å². The van der Waals surface area contributed by atoms with Gasteiger partial charge in [0.05, 0.1) is 0 Å². The molecule has 0 aliphatic heterocycles. The molecule has 0 spiro atoms. The lowest BCUT2D eigenvalue weighted by Crippen LogP contribution is -2.29. The van der Waals surface area contributed by atoms with Crippen LogP contribution in [0.5, 0.6) is 0 Å². The largest absolute Gasteiger partial charge is 0.389 e. The van der Waals surface area contributed by atoms with Crippen LogP contribution in [0.25, 0.3) is 0 Å². The van der Waals surface area contributed by atoms with E-state index in [-0.39, 0.29) is 18.3 Å². The summed E-state index contributed by atoms with van der Waals surface area (Å²) in [4.78, 5) is 0. The smallest absolute Gasteiger partial charge is 0.317 e. The van der Waals surface area contributed by atoms with Crippen LogP contribution in [-0.4, -0.2) is 19.3 Å². The number of likely N-dealkylation sites (N-methyl/N-ethyl adjacent to an activating group) is 1. The summed E-state index contributed by atoms with van der Waals surface area (Å²) in [7, 11) is 1.62. The summed E-state index contributed by atoms with van der Waals surface area (Å²) in [5, 5.41) is 2.85. The molecule has 0 saturated carbocycles. The molecular formula is C13H17F4N. The molecule has 0 aliphatic rings. The Balaban J connectivity index is 2.65. The Kier molecular flexibility index (Phi) is 5.14. The highest BCUT2D eigenvalue weighted by molar-refractivity contribution is 5.27. The van der Waals surface area contributed by atoms with Crippen molar-refractivity contribution in [1.29, 1.82) is 0 Å². The van der Waals surface area contributed by atoms with Crippen LogP contribution in [0.3, 0.4) is 0 Å². The standard InChI is InChI=1S/C13H17F4N/c1-9-3-4-11(14)7-10(9)8-12(18-2)5-6-13(15,16)17/h3-4,7,12,18H,5-6,8H2,1-2H3. The molecule has 0 aliphatic carbocycles. The molecule has 1 N–H and O–H groups in total. The zero-order chi connectivity index (χ0) is 13.8. The van der Waals surface area contributed by atoms with Gasteiger partial charge in [-0.05, 0) is 50.1 Å². The predicted octanol–water partition coefficient (Wildman–Crippen LogP) is 3.61. The number of alkyl halides is 3. The number of rotatable bonds is 5. The molecule has 1 atom stereocenters. The summed E-state index contributed by atoms with van der Waals surface area (Å²) in [6.45, 7) is 1.82. The minimum atomic E-state index is -4.15. The van der Waals surface area contributed by atoms with E-state index in [0.29, 0.717) is 6.42 Å². The Labute approximate surface area is 104 Å². The fraction of sp³-hybridized carbons (Fsp3) is 0.538. The van der Waals surface area contributed by atoms with Crippen LogP contribution in [0, 0.1) is 12.7 Å². The molecule has 1 unspecified atom stereocenters. The normalized spacial score (nSPS) is 13.7. The zero-order valence-corrected chi connectivity index (χ0v) is 10.4. The van der Waals surface area contributed by atoms with Gasteiger partial charge >= 0.3 is 6.18 Å². The van der Waals surface area contributed by atoms with Crippen molar-refractivity contribution in [2.75, 3.05) is 7.05 Å². The molecule has 0 amide bonds. The maximum absolute atomic E-state index is 13.1. The van der Waals surface area contributed by atoms with Crippen LogP contribution >= 0.6 is 0 Å². The third-order valence-electron chi connectivity index (χ3n) is 2.96. The van der Waals surface area contributed by atoms with Crippen molar-refractivity contribution in [3.05, 3.63) is 35.1 Å². The first-order chi connectivity index (χ1) is 8.31. The average Bonchev–Trinajstić information content (AvgIpc) is 2.27. The number of hydrogen-bond donors (Lipinski definition) is 1. The van der Waals surface area contributed by atoms with E-state index in [2.05, 4.69) is 5.32 Å². The summed E-state index contributed by atoms with van der Waals surface area (Å²) in [6.07, 6.45) is -4.58. The molecular weight excluding hydrogens is 246 g/mol. The van der Waals surface area contributed by atoms with Gasteiger partial charge in [0.25, 0.3) is 0 Å². The fourth-order valence-electron chi connectivity index (χ4n) is 1.81. The molecule has 0 heterocycles. The van der Waals surface area contributed by atoms with Gasteiger partial charge < -0.3 is 5.32 Å². The number of halogens is 4. The Bertz CT molecular complexity index is 387. The molecule has 0 fully saturated rings. The molecule has 1 aromatic rings. The third kappa shape index (κ3) is 5.04. The lowest BCUT2D eigenvalue weighted by molar-refractivity contribution is -0.136. The molecule has 5 heteroatoms. The highest BCUT2D eigenvalue weighted by Gasteiger charge is 2.28. The van der Waals surface area contributed by atoms with E-state index in [1.54, 1.807) is 13.1 Å². The van der Waals surface area contributed by atoms with Gasteiger partial charge in [-0.3, -0.25) is 0 Å². The van der Waals surface area contributed by atoms with E-state index >= 15 is 0 Å². The van der Waals surface area contributed by atoms with Gasteiger partial charge in [-0.1, -0.05) is 6.07 Å². The van der Waals surface area contributed by atoms with Gasteiger partial charge in [-0.15, -0.1) is 0 Å². The van der Waals surface area contributed by atoms with Gasteiger partial charge in [0, 0.05) is 12.5 Å². The van der Waals surface area contributed by atoms with Crippen molar-refractivity contribution in [3.8, 4) is 0 Å². The fourth-order valence-corrected chi connectivity index (χ4v) is 1.81. The lowest BCUT2D eigenvalue weighted by Gasteiger charge is -2.18. The van der Waals surface area contributed by atoms with Crippen molar-refractivity contribution >= 4 is 0 Å². The van der Waals surface area contributed by atoms with Crippen molar-refractivity contribution in [2.45, 2.75) is 38.4 Å². The van der Waals surface area contributed by atoms with Crippen LogP contribution in [0.2, 0.25) is 0 Å². The number of benzene rings is 1. The van der Waals surface area contributed by atoms with E-state index < -0.39 is 12.6 Å². The molecule has 0 aromatic heterocycles. The van der Waals surface area contributed by atoms with E-state index in [9.17, 15) is 17.6 Å². The topological polar surface area (TPSA) is 12.0 Å². The van der Waals surface area contributed by atoms with Crippen LogP contribution in [0.4, 0.5) is 17.6 Å². The van der Waals surface area contributed by atoms with Gasteiger partial charge in [0.2, 0.25) is 0 Å². The number of aryl methyl sites for hydroxylation is 1. The van der Waals surface area contributed by atoms with Gasteiger partial charge in [-0.2, -0.15) is 13.2 Å². The second-order valence-corrected chi connectivity index (χ2v) is 4.41. The summed E-state index contributed by atoms with van der Waals surface area (Å²) in [6, 6.07) is 4.07. The maximum atomic E-state index is 13.1. The first-order valence-corrected chi connectivity index (χ1v) is 5.81. The highest BCUT2D eigenvalue weighted by Crippen LogP contribution is 2.23. The van der Waals surface area contributed by atoms with Crippen LogP contribution in [0.15, 0.2) is 18.2 Å². The van der Waals surface area contributed by atoms with E-state index in [1.165, 1.54) is 12.1 Å². The molecule has 18 heavy (non-hydrogen) atoms. The van der Waals surface area contributed by atoms with E-state index in [0.717, 1.165) is 11.1 Å². The van der Waals surface area contributed by atoms with E-state index in [1.807, 2.05) is 6.92 Å². The first kappa shape index (κ1) is 15.0. The Morgan fingerprint density at radius 3 is 2.50 bits per heavy atom. The van der Waals surface area contributed by atoms with Crippen LogP contribution in [-0.2, 0) is 6.42 Å². The van der Waals surface area contributed by atoms with Gasteiger partial charge in [0.15, 0.2) is 0 Å². The van der Waals surface area contributed by atoms with Gasteiger partial charge in [-0.25, -0.2) is 4.39 Å². The SMILES string of the molecule is CNC(CCC(F)(F)F)Cc1cc(F)ccc1C. The molecule has 0 radical (unpaired) electrons. The van der Waals surface area contributed by atoms with Crippen molar-refractivity contribution in [2.24, 2.45) is 0 Å². The minimum absolute atomic E-state index is 0.00401. The summed E-state index contributed by atoms with van der Waals surface area (Å²) in [5.41, 5.74) is 1.64. The first-order valence-electron chi connectivity index (χ1n) is 5.81. The number of hydrogen-bond acceptors (Lipinski definition) is 1. The number of nitrogens with one attached hydrogen (secondary N) is 1. The quantitative estimate of drug-likeness (QED) is 0.800. The van der Waals surface area contributed by atoms with Crippen molar-refractivity contribution in [3.63, 3.8) is 0 Å². The van der Waals surface area contributed by atoms with Crippen LogP contribution in [0.1, 0.15) is 24.0 Å². The molecule has 0 bridgehead atoms. The molecule has 102 valence electrons. The average molecular weight is 263 g/mol. The third-order valence-corrected chi connectivity index (χ3v) is 2.96.